The van der Waals surface area contributed by atoms with Gasteiger partial charge in [0.05, 0.1) is 12.0 Å². The molecule has 4 fully saturated rings. The van der Waals surface area contributed by atoms with Gasteiger partial charge in [0.2, 0.25) is 0 Å². The molecule has 2 unspecified atom stereocenters. The summed E-state index contributed by atoms with van der Waals surface area (Å²) in [5, 5.41) is 0. The van der Waals surface area contributed by atoms with Crippen molar-refractivity contribution < 1.29 is 19.0 Å². The molecule has 8 nitrogen and oxygen atoms in total. The number of aromatic nitrogens is 2. The molecule has 1 aliphatic heterocycles. The Labute approximate surface area is 177 Å². The second-order valence-electron chi connectivity index (χ2n) is 9.23. The van der Waals surface area contributed by atoms with Crippen LogP contribution in [0.2, 0.25) is 0 Å². The van der Waals surface area contributed by atoms with E-state index < -0.39 is 18.2 Å². The number of unbranched alkanes of at least 4 members (excludes halogenated alkanes) is 2. The first-order chi connectivity index (χ1) is 14.5. The number of anilines is 1. The summed E-state index contributed by atoms with van der Waals surface area (Å²) >= 11 is 0. The van der Waals surface area contributed by atoms with E-state index in [4.69, 9.17) is 19.9 Å². The van der Waals surface area contributed by atoms with Crippen LogP contribution >= 0.6 is 0 Å². The third-order valence-electron chi connectivity index (χ3n) is 7.39. The molecule has 0 amide bonds. The zero-order chi connectivity index (χ0) is 21.2. The van der Waals surface area contributed by atoms with Crippen molar-refractivity contribution in [2.24, 2.45) is 10.8 Å². The lowest BCUT2D eigenvalue weighted by atomic mass is 9.52. The maximum Gasteiger partial charge on any atom is 0.351 e. The maximum absolute atomic E-state index is 12.9. The fourth-order valence-electron chi connectivity index (χ4n) is 5.31. The number of carbonyl (C=O) groups excluding carboxylic acids is 1. The van der Waals surface area contributed by atoms with E-state index in [1.54, 1.807) is 0 Å². The summed E-state index contributed by atoms with van der Waals surface area (Å²) in [6, 6.07) is 1.53. The Hall–Kier alpha value is -1.93. The molecule has 3 aliphatic carbocycles. The highest BCUT2D eigenvalue weighted by Gasteiger charge is 2.52. The molecule has 2 atom stereocenters. The molecule has 3 saturated carbocycles. The summed E-state index contributed by atoms with van der Waals surface area (Å²) in [6.07, 6.45) is 11.6. The molecule has 2 N–H and O–H groups in total. The van der Waals surface area contributed by atoms with Crippen LogP contribution in [-0.2, 0) is 19.0 Å². The van der Waals surface area contributed by atoms with Gasteiger partial charge in [-0.3, -0.25) is 9.36 Å². The summed E-state index contributed by atoms with van der Waals surface area (Å²) in [6.45, 7) is 2.47. The molecule has 4 aliphatic rings. The fourth-order valence-corrected chi connectivity index (χ4v) is 5.31. The molecule has 5 rings (SSSR count). The zero-order valence-corrected chi connectivity index (χ0v) is 17.8. The Morgan fingerprint density at radius 2 is 2.00 bits per heavy atom. The smallest absolute Gasteiger partial charge is 0.351 e. The predicted octanol–water partition coefficient (Wildman–Crippen LogP) is 3.16. The van der Waals surface area contributed by atoms with Gasteiger partial charge >= 0.3 is 11.7 Å². The Morgan fingerprint density at radius 1 is 1.27 bits per heavy atom. The molecular weight excluding hydrogens is 386 g/mol. The topological polar surface area (TPSA) is 106 Å². The first-order valence-corrected chi connectivity index (χ1v) is 11.2. The van der Waals surface area contributed by atoms with Crippen molar-refractivity contribution in [1.82, 2.24) is 9.55 Å². The van der Waals surface area contributed by atoms with Crippen LogP contribution in [0, 0.1) is 10.8 Å². The Morgan fingerprint density at radius 3 is 2.67 bits per heavy atom. The second kappa shape index (κ2) is 8.67. The van der Waals surface area contributed by atoms with Crippen LogP contribution in [0.4, 0.5) is 5.82 Å². The lowest BCUT2D eigenvalue weighted by molar-refractivity contribution is -0.179. The van der Waals surface area contributed by atoms with Gasteiger partial charge in [-0.25, -0.2) is 4.79 Å². The molecule has 2 heterocycles. The van der Waals surface area contributed by atoms with Gasteiger partial charge in [0, 0.05) is 6.20 Å². The van der Waals surface area contributed by atoms with E-state index in [1.807, 2.05) is 0 Å². The van der Waals surface area contributed by atoms with E-state index in [-0.39, 0.29) is 30.4 Å². The van der Waals surface area contributed by atoms with E-state index in [9.17, 15) is 9.59 Å². The highest BCUT2D eigenvalue weighted by molar-refractivity contribution is 5.77. The van der Waals surface area contributed by atoms with Crippen molar-refractivity contribution in [1.29, 1.82) is 0 Å². The largest absolute Gasteiger partial charge is 0.460 e. The zero-order valence-electron chi connectivity index (χ0n) is 17.8. The van der Waals surface area contributed by atoms with Crippen molar-refractivity contribution in [2.75, 3.05) is 18.9 Å². The normalized spacial score (nSPS) is 33.0. The van der Waals surface area contributed by atoms with E-state index in [1.165, 1.54) is 42.5 Å². The molecule has 8 heteroatoms. The second-order valence-corrected chi connectivity index (χ2v) is 9.23. The van der Waals surface area contributed by atoms with Crippen molar-refractivity contribution in [3.05, 3.63) is 22.7 Å². The van der Waals surface area contributed by atoms with Crippen molar-refractivity contribution in [2.45, 2.75) is 83.6 Å². The number of ether oxygens (including phenoxy) is 3. The molecule has 1 aromatic heterocycles. The number of nitrogen functional groups attached to an aromatic ring is 1. The van der Waals surface area contributed by atoms with Crippen LogP contribution in [0.1, 0.15) is 77.4 Å². The standard InChI is InChI=1S/C22H33N3O5/c1-2-3-4-6-21-7-10-22(11-8-21,12-9-21)19(26)29-15-18-28-14-17(30-18)25-13-5-16(23)24-20(25)27/h5,13,17-18H,2-4,6-12,14-15H2,1H3,(H2,23,24,27). The van der Waals surface area contributed by atoms with E-state index in [0.717, 1.165) is 38.5 Å². The van der Waals surface area contributed by atoms with Gasteiger partial charge in [-0.2, -0.15) is 4.98 Å². The number of hydrogen-bond acceptors (Lipinski definition) is 7. The van der Waals surface area contributed by atoms with Crippen molar-refractivity contribution in [3.63, 3.8) is 0 Å². The summed E-state index contributed by atoms with van der Waals surface area (Å²) < 4.78 is 18.3. The van der Waals surface area contributed by atoms with Gasteiger partial charge in [-0.05, 0) is 56.4 Å². The Bertz CT molecular complexity index is 799. The monoisotopic (exact) mass is 419 g/mol. The van der Waals surface area contributed by atoms with Crippen molar-refractivity contribution >= 4 is 11.8 Å². The van der Waals surface area contributed by atoms with Gasteiger partial charge in [0.15, 0.2) is 12.5 Å². The minimum atomic E-state index is -0.680. The van der Waals surface area contributed by atoms with Gasteiger partial charge in [0.25, 0.3) is 0 Å². The molecule has 2 bridgehead atoms. The van der Waals surface area contributed by atoms with E-state index >= 15 is 0 Å². The van der Waals surface area contributed by atoms with Crippen LogP contribution in [-0.4, -0.2) is 35.0 Å². The van der Waals surface area contributed by atoms with Crippen LogP contribution in [0.15, 0.2) is 17.1 Å². The maximum atomic E-state index is 12.9. The van der Waals surface area contributed by atoms with Crippen LogP contribution < -0.4 is 11.4 Å². The van der Waals surface area contributed by atoms with E-state index in [2.05, 4.69) is 11.9 Å². The first kappa shape index (κ1) is 21.3. The highest BCUT2D eigenvalue weighted by Crippen LogP contribution is 2.59. The quantitative estimate of drug-likeness (QED) is 0.509. The SMILES string of the molecule is CCCCCC12CCC(C(=O)OCC3OCC(n4ccc(N)nc4=O)O3)(CC1)CC2. The third-order valence-corrected chi connectivity index (χ3v) is 7.39. The predicted molar refractivity (Wildman–Crippen MR) is 110 cm³/mol. The average Bonchev–Trinajstić information content (AvgIpc) is 3.22. The lowest BCUT2D eigenvalue weighted by Gasteiger charge is -2.52. The van der Waals surface area contributed by atoms with Gasteiger partial charge in [0.1, 0.15) is 12.4 Å². The minimum absolute atomic E-state index is 0.0376. The van der Waals surface area contributed by atoms with Gasteiger partial charge in [-0.15, -0.1) is 0 Å². The summed E-state index contributed by atoms with van der Waals surface area (Å²) in [7, 11) is 0. The molecule has 0 spiro atoms. The fraction of sp³-hybridized carbons (Fsp3) is 0.773. The van der Waals surface area contributed by atoms with Crippen LogP contribution in [0.25, 0.3) is 0 Å². The van der Waals surface area contributed by atoms with Gasteiger partial charge in [-0.1, -0.05) is 26.2 Å². The van der Waals surface area contributed by atoms with Crippen LogP contribution in [0.3, 0.4) is 0 Å². The first-order valence-electron chi connectivity index (χ1n) is 11.2. The number of nitrogens with zero attached hydrogens (tertiary/aromatic N) is 2. The number of carbonyl (C=O) groups is 1. The third kappa shape index (κ3) is 4.25. The number of rotatable bonds is 8. The Kier molecular flexibility index (Phi) is 6.16. The molecule has 166 valence electrons. The van der Waals surface area contributed by atoms with Crippen LogP contribution in [0.5, 0.6) is 0 Å². The van der Waals surface area contributed by atoms with E-state index in [0.29, 0.717) is 5.41 Å². The number of esters is 1. The molecule has 1 aromatic rings. The molecule has 1 saturated heterocycles. The number of hydrogen-bond donors (Lipinski definition) is 1. The number of nitrogens with two attached hydrogens (primary N) is 1. The van der Waals surface area contributed by atoms with Gasteiger partial charge < -0.3 is 19.9 Å². The molecular formula is C22H33N3O5. The average molecular weight is 420 g/mol. The molecule has 0 radical (unpaired) electrons. The molecule has 0 aromatic carbocycles. The Balaban J connectivity index is 1.26. The summed E-state index contributed by atoms with van der Waals surface area (Å²) in [5.41, 5.74) is 5.15. The summed E-state index contributed by atoms with van der Waals surface area (Å²) in [5.74, 6) is 0.0422. The lowest BCUT2D eigenvalue weighted by Crippen LogP contribution is -2.47. The molecule has 30 heavy (non-hydrogen) atoms. The number of fused-ring (bicyclic) bond motifs is 3. The minimum Gasteiger partial charge on any atom is -0.460 e. The van der Waals surface area contributed by atoms with Crippen molar-refractivity contribution in [3.8, 4) is 0 Å². The summed E-state index contributed by atoms with van der Waals surface area (Å²) in [4.78, 5) is 28.6. The highest BCUT2D eigenvalue weighted by atomic mass is 16.7.